The number of hydrogen-bond donors (Lipinski definition) is 1. The highest BCUT2D eigenvalue weighted by molar-refractivity contribution is 9.10. The van der Waals surface area contributed by atoms with Crippen molar-refractivity contribution < 1.29 is 23.8 Å². The number of nitrogens with one attached hydrogen (secondary N) is 1. The number of allylic oxidation sites excluding steroid dienone is 4. The Morgan fingerprint density at radius 1 is 1.03 bits per heavy atom. The van der Waals surface area contributed by atoms with Crippen LogP contribution < -0.4 is 14.8 Å². The Bertz CT molecular complexity index is 1300. The zero-order chi connectivity index (χ0) is 23.4. The lowest BCUT2D eigenvalue weighted by molar-refractivity contribution is -0.113. The molecule has 1 aliphatic carbocycles. The van der Waals surface area contributed by atoms with Gasteiger partial charge in [-0.05, 0) is 36.4 Å². The van der Waals surface area contributed by atoms with Crippen LogP contribution in [0, 0.1) is 0 Å². The van der Waals surface area contributed by atoms with Crippen LogP contribution in [0.5, 0.6) is 11.5 Å². The lowest BCUT2D eigenvalue weighted by Gasteiger charge is -2.17. The van der Waals surface area contributed by atoms with Crippen LogP contribution in [0.4, 0.5) is 11.5 Å². The zero-order valence-corrected chi connectivity index (χ0v) is 19.5. The summed E-state index contributed by atoms with van der Waals surface area (Å²) in [7, 11) is 3.16. The molecule has 0 radical (unpaired) electrons. The number of carbonyl (C=O) groups is 2. The fourth-order valence-corrected chi connectivity index (χ4v) is 3.98. The van der Waals surface area contributed by atoms with E-state index in [1.165, 1.54) is 24.6 Å². The van der Waals surface area contributed by atoms with Crippen molar-refractivity contribution in [1.29, 1.82) is 0 Å². The van der Waals surface area contributed by atoms with Crippen molar-refractivity contribution in [1.82, 2.24) is 9.97 Å². The number of fused-ring (bicyclic) bond motifs is 1. The molecule has 0 spiro atoms. The Balaban J connectivity index is 1.77. The number of benzene rings is 2. The standard InChI is InChI=1S/C24H20BrN3O5/c1-31-8-9-33-22-12-19-15(11-21(22)32-2)24(27-13-26-19)28-18-5-3-4-17(25)23(18)16-10-14(29)6-7-20(16)30/h3-7,10-13H,8-9H2,1-2H3,(H,26,27,28). The first-order valence-corrected chi connectivity index (χ1v) is 10.8. The Labute approximate surface area is 198 Å². The number of anilines is 2. The second kappa shape index (κ2) is 9.93. The molecule has 0 unspecified atom stereocenters. The number of aromatic nitrogens is 2. The largest absolute Gasteiger partial charge is 0.493 e. The van der Waals surface area contributed by atoms with Gasteiger partial charge in [-0.2, -0.15) is 0 Å². The van der Waals surface area contributed by atoms with E-state index in [1.54, 1.807) is 26.4 Å². The van der Waals surface area contributed by atoms with Gasteiger partial charge in [0.05, 0.1) is 19.2 Å². The maximum Gasteiger partial charge on any atom is 0.186 e. The van der Waals surface area contributed by atoms with Gasteiger partial charge < -0.3 is 19.5 Å². The molecule has 3 aromatic rings. The third-order valence-corrected chi connectivity index (χ3v) is 5.61. The monoisotopic (exact) mass is 509 g/mol. The minimum Gasteiger partial charge on any atom is -0.493 e. The maximum atomic E-state index is 12.5. The Kier molecular flexibility index (Phi) is 6.81. The maximum absolute atomic E-state index is 12.5. The third kappa shape index (κ3) is 4.79. The van der Waals surface area contributed by atoms with Gasteiger partial charge in [0.15, 0.2) is 23.1 Å². The summed E-state index contributed by atoms with van der Waals surface area (Å²) in [6.45, 7) is 0.808. The van der Waals surface area contributed by atoms with Crippen molar-refractivity contribution in [3.63, 3.8) is 0 Å². The molecule has 9 heteroatoms. The Hall–Kier alpha value is -3.56. The normalized spacial score (nSPS) is 13.2. The molecule has 4 rings (SSSR count). The number of rotatable bonds is 8. The van der Waals surface area contributed by atoms with Crippen LogP contribution in [0.25, 0.3) is 16.5 Å². The van der Waals surface area contributed by atoms with Gasteiger partial charge in [0, 0.05) is 39.9 Å². The van der Waals surface area contributed by atoms with Gasteiger partial charge in [0.1, 0.15) is 18.8 Å². The van der Waals surface area contributed by atoms with Gasteiger partial charge in [0.2, 0.25) is 0 Å². The number of ether oxygens (including phenoxy) is 3. The third-order valence-electron chi connectivity index (χ3n) is 4.95. The van der Waals surface area contributed by atoms with E-state index in [0.29, 0.717) is 62.7 Å². The highest BCUT2D eigenvalue weighted by Crippen LogP contribution is 2.38. The first-order valence-electron chi connectivity index (χ1n) is 10.00. The van der Waals surface area contributed by atoms with Crippen LogP contribution in [0.1, 0.15) is 5.56 Å². The summed E-state index contributed by atoms with van der Waals surface area (Å²) in [5, 5.41) is 3.98. The lowest BCUT2D eigenvalue weighted by atomic mass is 9.95. The summed E-state index contributed by atoms with van der Waals surface area (Å²) in [6, 6.07) is 9.00. The summed E-state index contributed by atoms with van der Waals surface area (Å²) in [4.78, 5) is 33.2. The molecule has 168 valence electrons. The molecular weight excluding hydrogens is 490 g/mol. The minimum atomic E-state index is -0.253. The molecule has 33 heavy (non-hydrogen) atoms. The van der Waals surface area contributed by atoms with Crippen LogP contribution in [0.3, 0.4) is 0 Å². The number of carbonyl (C=O) groups excluding carboxylic acids is 2. The molecule has 0 atom stereocenters. The first kappa shape index (κ1) is 22.6. The van der Waals surface area contributed by atoms with E-state index in [2.05, 4.69) is 31.2 Å². The minimum absolute atomic E-state index is 0.246. The number of hydrogen-bond acceptors (Lipinski definition) is 8. The molecule has 0 saturated heterocycles. The van der Waals surface area contributed by atoms with Crippen LogP contribution in [-0.2, 0) is 14.3 Å². The second-order valence-corrected chi connectivity index (χ2v) is 7.88. The van der Waals surface area contributed by atoms with E-state index >= 15 is 0 Å². The van der Waals surface area contributed by atoms with Gasteiger partial charge in [-0.1, -0.05) is 22.0 Å². The number of nitrogens with zero attached hydrogens (tertiary/aromatic N) is 2. The molecule has 1 heterocycles. The van der Waals surface area contributed by atoms with E-state index in [-0.39, 0.29) is 11.6 Å². The number of methoxy groups -OCH3 is 2. The SMILES string of the molecule is COCCOc1cc2ncnc(Nc3cccc(Br)c3C3=CC(=O)C=CC3=O)c2cc1OC. The first-order chi connectivity index (χ1) is 16.0. The summed E-state index contributed by atoms with van der Waals surface area (Å²) in [5.74, 6) is 1.07. The number of ketones is 2. The molecule has 0 amide bonds. The van der Waals surface area contributed by atoms with E-state index in [4.69, 9.17) is 14.2 Å². The molecule has 8 nitrogen and oxygen atoms in total. The lowest BCUT2D eigenvalue weighted by Crippen LogP contribution is -2.09. The summed E-state index contributed by atoms with van der Waals surface area (Å²) in [6.07, 6.45) is 5.30. The predicted molar refractivity (Wildman–Crippen MR) is 128 cm³/mol. The van der Waals surface area contributed by atoms with Gasteiger partial charge in [-0.25, -0.2) is 9.97 Å². The topological polar surface area (TPSA) is 99.6 Å². The van der Waals surface area contributed by atoms with E-state index in [0.717, 1.165) is 0 Å². The molecule has 1 aliphatic rings. The van der Waals surface area contributed by atoms with Crippen molar-refractivity contribution in [3.05, 3.63) is 64.9 Å². The van der Waals surface area contributed by atoms with E-state index in [1.807, 2.05) is 18.2 Å². The van der Waals surface area contributed by atoms with Crippen LogP contribution >= 0.6 is 15.9 Å². The molecule has 0 aliphatic heterocycles. The van der Waals surface area contributed by atoms with Crippen molar-refractivity contribution in [2.45, 2.75) is 0 Å². The molecule has 1 aromatic heterocycles. The molecule has 1 N–H and O–H groups in total. The fourth-order valence-electron chi connectivity index (χ4n) is 3.40. The highest BCUT2D eigenvalue weighted by Gasteiger charge is 2.21. The zero-order valence-electron chi connectivity index (χ0n) is 17.9. The van der Waals surface area contributed by atoms with Crippen LogP contribution in [0.15, 0.2) is 59.4 Å². The average Bonchev–Trinajstić information content (AvgIpc) is 2.81. The molecule has 2 aromatic carbocycles. The fraction of sp³-hybridized carbons (Fsp3) is 0.167. The van der Waals surface area contributed by atoms with E-state index in [9.17, 15) is 9.59 Å². The van der Waals surface area contributed by atoms with E-state index < -0.39 is 0 Å². The predicted octanol–water partition coefficient (Wildman–Crippen LogP) is 4.26. The average molecular weight is 510 g/mol. The van der Waals surface area contributed by atoms with Gasteiger partial charge in [0.25, 0.3) is 0 Å². The van der Waals surface area contributed by atoms with Gasteiger partial charge in [-0.3, -0.25) is 9.59 Å². The van der Waals surface area contributed by atoms with Crippen molar-refractivity contribution in [2.24, 2.45) is 0 Å². The quantitative estimate of drug-likeness (QED) is 0.355. The summed E-state index contributed by atoms with van der Waals surface area (Å²) in [5.41, 5.74) is 2.11. The van der Waals surface area contributed by atoms with Gasteiger partial charge in [-0.15, -0.1) is 0 Å². The summed E-state index contributed by atoms with van der Waals surface area (Å²) >= 11 is 3.51. The number of halogens is 1. The summed E-state index contributed by atoms with van der Waals surface area (Å²) < 4.78 is 17.0. The molecule has 0 saturated carbocycles. The molecule has 0 bridgehead atoms. The Morgan fingerprint density at radius 2 is 1.88 bits per heavy atom. The smallest absolute Gasteiger partial charge is 0.186 e. The van der Waals surface area contributed by atoms with Crippen molar-refractivity contribution >= 4 is 55.5 Å². The van der Waals surface area contributed by atoms with Crippen molar-refractivity contribution in [3.8, 4) is 11.5 Å². The molecular formula is C24H20BrN3O5. The van der Waals surface area contributed by atoms with Crippen LogP contribution in [0.2, 0.25) is 0 Å². The van der Waals surface area contributed by atoms with Crippen molar-refractivity contribution in [2.75, 3.05) is 32.8 Å². The molecule has 0 fully saturated rings. The van der Waals surface area contributed by atoms with Crippen LogP contribution in [-0.4, -0.2) is 49.0 Å². The second-order valence-electron chi connectivity index (χ2n) is 7.03. The highest BCUT2D eigenvalue weighted by atomic mass is 79.9. The Morgan fingerprint density at radius 3 is 2.67 bits per heavy atom. The van der Waals surface area contributed by atoms with Gasteiger partial charge >= 0.3 is 0 Å².